The summed E-state index contributed by atoms with van der Waals surface area (Å²) in [5, 5.41) is 0. The molecule has 0 bridgehead atoms. The van der Waals surface area contributed by atoms with Crippen molar-refractivity contribution in [2.45, 2.75) is 25.7 Å². The summed E-state index contributed by atoms with van der Waals surface area (Å²) in [5.41, 5.74) is 6.36. The quantitative estimate of drug-likeness (QED) is 0.632. The predicted molar refractivity (Wildman–Crippen MR) is 114 cm³/mol. The Morgan fingerprint density at radius 3 is 2.64 bits per heavy atom. The molecule has 28 heavy (non-hydrogen) atoms. The molecule has 0 spiro atoms. The van der Waals surface area contributed by atoms with Gasteiger partial charge in [-0.15, -0.1) is 0 Å². The third-order valence-electron chi connectivity index (χ3n) is 5.55. The minimum absolute atomic E-state index is 0.348. The Kier molecular flexibility index (Phi) is 4.32. The first-order valence-corrected chi connectivity index (χ1v) is 9.94. The van der Waals surface area contributed by atoms with E-state index in [9.17, 15) is 4.79 Å². The third kappa shape index (κ3) is 3.05. The van der Waals surface area contributed by atoms with Crippen molar-refractivity contribution in [1.29, 1.82) is 0 Å². The van der Waals surface area contributed by atoms with Gasteiger partial charge in [0.15, 0.2) is 5.58 Å². The van der Waals surface area contributed by atoms with Gasteiger partial charge in [-0.1, -0.05) is 48.6 Å². The van der Waals surface area contributed by atoms with Crippen molar-refractivity contribution in [1.82, 2.24) is 4.98 Å². The summed E-state index contributed by atoms with van der Waals surface area (Å²) in [6.07, 6.45) is 11.8. The van der Waals surface area contributed by atoms with Crippen LogP contribution in [-0.4, -0.2) is 18.1 Å². The summed E-state index contributed by atoms with van der Waals surface area (Å²) < 4.78 is 5.76. The van der Waals surface area contributed by atoms with Crippen molar-refractivity contribution in [3.8, 4) is 0 Å². The first-order chi connectivity index (χ1) is 13.8. The van der Waals surface area contributed by atoms with Crippen LogP contribution in [0.1, 0.15) is 35.2 Å². The third-order valence-corrected chi connectivity index (χ3v) is 5.55. The highest BCUT2D eigenvalue weighted by Gasteiger charge is 2.27. The van der Waals surface area contributed by atoms with E-state index in [2.05, 4.69) is 16.0 Å². The molecule has 4 heteroatoms. The Bertz CT molecular complexity index is 1140. The molecule has 3 aromatic rings. The molecule has 2 aromatic carbocycles. The van der Waals surface area contributed by atoms with Gasteiger partial charge in [-0.25, -0.2) is 9.78 Å². The summed E-state index contributed by atoms with van der Waals surface area (Å²) in [6.45, 7) is 2.19. The molecule has 1 aromatic heterocycles. The number of fused-ring (bicyclic) bond motifs is 2. The zero-order chi connectivity index (χ0) is 18.9. The minimum atomic E-state index is -0.374. The van der Waals surface area contributed by atoms with E-state index < -0.39 is 0 Å². The first-order valence-electron chi connectivity index (χ1n) is 9.94. The van der Waals surface area contributed by atoms with Crippen molar-refractivity contribution in [3.05, 3.63) is 81.4 Å². The number of benzene rings is 2. The van der Waals surface area contributed by atoms with E-state index in [1.807, 2.05) is 48.6 Å². The van der Waals surface area contributed by atoms with Gasteiger partial charge in [0.2, 0.25) is 0 Å². The lowest BCUT2D eigenvalue weighted by Crippen LogP contribution is -2.34. The van der Waals surface area contributed by atoms with E-state index in [-0.39, 0.29) is 5.63 Å². The average molecular weight is 370 g/mol. The first kappa shape index (κ1) is 17.0. The number of rotatable bonds is 3. The monoisotopic (exact) mass is 370 g/mol. The fourth-order valence-corrected chi connectivity index (χ4v) is 4.31. The summed E-state index contributed by atoms with van der Waals surface area (Å²) in [5.74, 6) is 0. The number of hydrogen-bond donors (Lipinski definition) is 0. The molecule has 0 unspecified atom stereocenters. The molecule has 0 aliphatic carbocycles. The van der Waals surface area contributed by atoms with Crippen LogP contribution in [0.25, 0.3) is 23.3 Å². The number of aromatic nitrogens is 1. The summed E-state index contributed by atoms with van der Waals surface area (Å²) in [7, 11) is 0. The molecule has 0 saturated carbocycles. The fraction of sp³-hybridized carbons (Fsp3) is 0.250. The van der Waals surface area contributed by atoms with Crippen LogP contribution in [0.2, 0.25) is 0 Å². The van der Waals surface area contributed by atoms with Crippen LogP contribution in [-0.2, 0) is 12.8 Å². The van der Waals surface area contributed by atoms with Gasteiger partial charge in [-0.3, -0.25) is 0 Å². The fourth-order valence-electron chi connectivity index (χ4n) is 4.31. The predicted octanol–water partition coefficient (Wildman–Crippen LogP) is 4.61. The smallest absolute Gasteiger partial charge is 0.362 e. The van der Waals surface area contributed by atoms with E-state index in [0.717, 1.165) is 43.4 Å². The van der Waals surface area contributed by atoms with Crippen molar-refractivity contribution in [2.75, 3.05) is 18.0 Å². The van der Waals surface area contributed by atoms with Crippen LogP contribution in [0.4, 0.5) is 5.69 Å². The largest absolute Gasteiger partial charge is 0.419 e. The lowest BCUT2D eigenvalue weighted by atomic mass is 9.91. The zero-order valence-corrected chi connectivity index (χ0v) is 15.7. The zero-order valence-electron chi connectivity index (χ0n) is 15.7. The van der Waals surface area contributed by atoms with E-state index in [4.69, 9.17) is 4.42 Å². The Morgan fingerprint density at radius 1 is 1.00 bits per heavy atom. The van der Waals surface area contributed by atoms with Crippen LogP contribution in [0, 0.1) is 0 Å². The van der Waals surface area contributed by atoms with Crippen LogP contribution >= 0.6 is 0 Å². The number of anilines is 1. The molecule has 0 amide bonds. The van der Waals surface area contributed by atoms with Crippen LogP contribution < -0.4 is 10.5 Å². The molecular formula is C24H22N2O2. The summed E-state index contributed by atoms with van der Waals surface area (Å²) in [6, 6.07) is 12.2. The number of allylic oxidation sites excluding steroid dienone is 2. The van der Waals surface area contributed by atoms with Gasteiger partial charge < -0.3 is 9.32 Å². The van der Waals surface area contributed by atoms with Crippen LogP contribution in [0.5, 0.6) is 0 Å². The SMILES string of the molecule is O=c1oc2c3c4c(cc2nc1/C=C/C=C/c1ccccc1)CCCN4CCC3. The Balaban J connectivity index is 1.52. The molecule has 0 radical (unpaired) electrons. The molecule has 0 N–H and O–H groups in total. The van der Waals surface area contributed by atoms with Gasteiger partial charge in [0, 0.05) is 24.3 Å². The van der Waals surface area contributed by atoms with Gasteiger partial charge >= 0.3 is 5.63 Å². The van der Waals surface area contributed by atoms with Crippen LogP contribution in [0.15, 0.2) is 57.8 Å². The molecular weight excluding hydrogens is 348 g/mol. The molecule has 3 heterocycles. The van der Waals surface area contributed by atoms with Crippen molar-refractivity contribution in [2.24, 2.45) is 0 Å². The highest BCUT2D eigenvalue weighted by atomic mass is 16.4. The van der Waals surface area contributed by atoms with Crippen molar-refractivity contribution in [3.63, 3.8) is 0 Å². The Hall–Kier alpha value is -3.14. The molecule has 5 rings (SSSR count). The molecule has 2 aliphatic rings. The highest BCUT2D eigenvalue weighted by Crippen LogP contribution is 2.39. The second-order valence-electron chi connectivity index (χ2n) is 7.42. The Labute approximate surface area is 163 Å². The van der Waals surface area contributed by atoms with Gasteiger partial charge in [0.05, 0.1) is 0 Å². The maximum absolute atomic E-state index is 12.5. The van der Waals surface area contributed by atoms with Crippen molar-refractivity contribution >= 4 is 28.9 Å². The maximum atomic E-state index is 12.5. The van der Waals surface area contributed by atoms with Crippen LogP contribution in [0.3, 0.4) is 0 Å². The van der Waals surface area contributed by atoms with E-state index in [1.54, 1.807) is 6.08 Å². The minimum Gasteiger partial charge on any atom is -0.419 e. The van der Waals surface area contributed by atoms with Gasteiger partial charge in [0.1, 0.15) is 11.2 Å². The maximum Gasteiger partial charge on any atom is 0.362 e. The van der Waals surface area contributed by atoms with Gasteiger partial charge in [0.25, 0.3) is 0 Å². The number of nitrogens with zero attached hydrogens (tertiary/aromatic N) is 2. The van der Waals surface area contributed by atoms with Gasteiger partial charge in [-0.2, -0.15) is 0 Å². The number of aryl methyl sites for hydroxylation is 2. The van der Waals surface area contributed by atoms with E-state index >= 15 is 0 Å². The topological polar surface area (TPSA) is 46.3 Å². The normalized spacial score (nSPS) is 16.2. The summed E-state index contributed by atoms with van der Waals surface area (Å²) >= 11 is 0. The average Bonchev–Trinajstić information content (AvgIpc) is 2.73. The molecule has 0 fully saturated rings. The second kappa shape index (κ2) is 7.12. The summed E-state index contributed by atoms with van der Waals surface area (Å²) in [4.78, 5) is 19.6. The Morgan fingerprint density at radius 2 is 1.79 bits per heavy atom. The molecule has 4 nitrogen and oxygen atoms in total. The lowest BCUT2D eigenvalue weighted by molar-refractivity contribution is 0.542. The van der Waals surface area contributed by atoms with Gasteiger partial charge in [-0.05, 0) is 49.0 Å². The van der Waals surface area contributed by atoms with E-state index in [0.29, 0.717) is 11.3 Å². The molecule has 2 aliphatic heterocycles. The second-order valence-corrected chi connectivity index (χ2v) is 7.42. The van der Waals surface area contributed by atoms with Crippen molar-refractivity contribution < 1.29 is 4.42 Å². The van der Waals surface area contributed by atoms with E-state index in [1.165, 1.54) is 23.2 Å². The standard InChI is InChI=1S/C24H22N2O2/c27-24-20(13-5-4-10-17-8-2-1-3-9-17)25-21-16-18-11-6-14-26-15-7-12-19(22(18)26)23(21)28-24/h1-5,8-10,13,16H,6-7,11-12,14-15H2/b10-4+,13-5+. The molecule has 0 atom stereocenters. The molecule has 0 saturated heterocycles. The highest BCUT2D eigenvalue weighted by molar-refractivity contribution is 5.86. The lowest BCUT2D eigenvalue weighted by Gasteiger charge is -2.36. The number of hydrogen-bond acceptors (Lipinski definition) is 4. The molecule has 140 valence electrons.